The van der Waals surface area contributed by atoms with Crippen molar-refractivity contribution in [3.8, 4) is 0 Å². The number of hydrogen-bond donors (Lipinski definition) is 1. The molecule has 4 heteroatoms. The van der Waals surface area contributed by atoms with Gasteiger partial charge < -0.3 is 5.32 Å². The molecule has 0 spiro atoms. The summed E-state index contributed by atoms with van der Waals surface area (Å²) < 4.78 is 1.57. The third-order valence-corrected chi connectivity index (χ3v) is 3.21. The molecule has 1 heterocycles. The van der Waals surface area contributed by atoms with Gasteiger partial charge in [-0.15, -0.1) is 0 Å². The highest BCUT2D eigenvalue weighted by Gasteiger charge is 2.07. The smallest absolute Gasteiger partial charge is 0.274 e. The molecule has 20 heavy (non-hydrogen) atoms. The second-order valence-corrected chi connectivity index (χ2v) is 6.14. The van der Waals surface area contributed by atoms with E-state index in [1.165, 1.54) is 0 Å². The molecule has 108 valence electrons. The summed E-state index contributed by atoms with van der Waals surface area (Å²) in [4.78, 5) is 12.2. The van der Waals surface area contributed by atoms with Crippen LogP contribution >= 0.6 is 0 Å². The Kier molecular flexibility index (Phi) is 4.55. The average Bonchev–Trinajstić information content (AvgIpc) is 2.40. The number of aryl methyl sites for hydroxylation is 1. The van der Waals surface area contributed by atoms with Crippen LogP contribution < -0.4 is 10.9 Å². The molecule has 0 aliphatic carbocycles. The van der Waals surface area contributed by atoms with E-state index >= 15 is 0 Å². The lowest BCUT2D eigenvalue weighted by Gasteiger charge is -2.20. The maximum absolute atomic E-state index is 12.2. The van der Waals surface area contributed by atoms with E-state index in [4.69, 9.17) is 0 Å². The molecule has 0 unspecified atom stereocenters. The van der Waals surface area contributed by atoms with Gasteiger partial charge in [0.15, 0.2) is 0 Å². The Hall–Kier alpha value is -1.68. The minimum absolute atomic E-state index is 0.00637. The summed E-state index contributed by atoms with van der Waals surface area (Å²) in [7, 11) is 0. The molecule has 1 aromatic heterocycles. The molecule has 0 fully saturated rings. The number of rotatable bonds is 5. The van der Waals surface area contributed by atoms with Crippen molar-refractivity contribution in [2.45, 2.75) is 45.7 Å². The van der Waals surface area contributed by atoms with Crippen molar-refractivity contribution >= 4 is 10.8 Å². The zero-order chi connectivity index (χ0) is 14.6. The van der Waals surface area contributed by atoms with Crippen LogP contribution in [-0.2, 0) is 6.54 Å². The monoisotopic (exact) mass is 273 g/mol. The summed E-state index contributed by atoms with van der Waals surface area (Å²) >= 11 is 0. The minimum atomic E-state index is 0.00637. The molecule has 0 radical (unpaired) electrons. The fourth-order valence-electron chi connectivity index (χ4n) is 2.14. The summed E-state index contributed by atoms with van der Waals surface area (Å²) in [5, 5.41) is 9.33. The molecule has 0 aliphatic heterocycles. The Morgan fingerprint density at radius 3 is 2.70 bits per heavy atom. The Morgan fingerprint density at radius 2 is 1.95 bits per heavy atom. The van der Waals surface area contributed by atoms with Crippen molar-refractivity contribution in [3.63, 3.8) is 0 Å². The highest BCUT2D eigenvalue weighted by Crippen LogP contribution is 2.06. The Morgan fingerprint density at radius 1 is 1.20 bits per heavy atom. The standard InChI is InChI=1S/C16H23N3O/c1-16(2,3)17-10-6-7-11-19-15(20)14-9-5-4-8-13(14)12-18-19/h4-5,8-9,12,17H,6-7,10-11H2,1-3H3. The van der Waals surface area contributed by atoms with Gasteiger partial charge in [-0.1, -0.05) is 18.2 Å². The molecule has 1 aromatic carbocycles. The van der Waals surface area contributed by atoms with E-state index in [9.17, 15) is 4.79 Å². The molecule has 0 saturated heterocycles. The third kappa shape index (κ3) is 3.90. The number of aromatic nitrogens is 2. The molecule has 0 aliphatic rings. The van der Waals surface area contributed by atoms with Gasteiger partial charge >= 0.3 is 0 Å². The predicted molar refractivity (Wildman–Crippen MR) is 83.0 cm³/mol. The predicted octanol–water partition coefficient (Wildman–Crippen LogP) is 2.56. The van der Waals surface area contributed by atoms with Crippen LogP contribution in [0.4, 0.5) is 0 Å². The quantitative estimate of drug-likeness (QED) is 0.852. The van der Waals surface area contributed by atoms with E-state index in [2.05, 4.69) is 31.2 Å². The van der Waals surface area contributed by atoms with Gasteiger partial charge in [0.2, 0.25) is 0 Å². The maximum Gasteiger partial charge on any atom is 0.274 e. The Labute approximate surface area is 119 Å². The first kappa shape index (κ1) is 14.7. The molecule has 2 aromatic rings. The van der Waals surface area contributed by atoms with Gasteiger partial charge in [0.25, 0.3) is 5.56 Å². The van der Waals surface area contributed by atoms with Crippen molar-refractivity contribution in [2.75, 3.05) is 6.54 Å². The van der Waals surface area contributed by atoms with Crippen LogP contribution in [0.25, 0.3) is 10.8 Å². The van der Waals surface area contributed by atoms with Crippen LogP contribution in [0.1, 0.15) is 33.6 Å². The van der Waals surface area contributed by atoms with Crippen molar-refractivity contribution in [3.05, 3.63) is 40.8 Å². The van der Waals surface area contributed by atoms with Gasteiger partial charge in [0.1, 0.15) is 0 Å². The lowest BCUT2D eigenvalue weighted by Crippen LogP contribution is -2.36. The van der Waals surface area contributed by atoms with Gasteiger partial charge in [-0.05, 0) is 46.2 Å². The fraction of sp³-hybridized carbons (Fsp3) is 0.500. The van der Waals surface area contributed by atoms with Crippen molar-refractivity contribution in [2.24, 2.45) is 0 Å². The molecule has 0 bridgehead atoms. The zero-order valence-electron chi connectivity index (χ0n) is 12.5. The van der Waals surface area contributed by atoms with Gasteiger partial charge in [-0.3, -0.25) is 4.79 Å². The number of nitrogens with zero attached hydrogens (tertiary/aromatic N) is 2. The van der Waals surface area contributed by atoms with Gasteiger partial charge in [-0.2, -0.15) is 5.10 Å². The zero-order valence-corrected chi connectivity index (χ0v) is 12.5. The topological polar surface area (TPSA) is 46.9 Å². The van der Waals surface area contributed by atoms with Crippen LogP contribution in [0.15, 0.2) is 35.3 Å². The van der Waals surface area contributed by atoms with Gasteiger partial charge in [0, 0.05) is 17.5 Å². The molecular weight excluding hydrogens is 250 g/mol. The van der Waals surface area contributed by atoms with Crippen LogP contribution in [0.3, 0.4) is 0 Å². The molecule has 0 amide bonds. The highest BCUT2D eigenvalue weighted by atomic mass is 16.1. The summed E-state index contributed by atoms with van der Waals surface area (Å²) in [6, 6.07) is 7.59. The lowest BCUT2D eigenvalue weighted by molar-refractivity contribution is 0.410. The number of hydrogen-bond acceptors (Lipinski definition) is 3. The maximum atomic E-state index is 12.2. The first-order chi connectivity index (χ1) is 9.47. The summed E-state index contributed by atoms with van der Waals surface area (Å²) in [6.45, 7) is 8.11. The normalized spacial score (nSPS) is 11.9. The van der Waals surface area contributed by atoms with Crippen LogP contribution in [-0.4, -0.2) is 21.9 Å². The van der Waals surface area contributed by atoms with Gasteiger partial charge in [0.05, 0.1) is 11.6 Å². The van der Waals surface area contributed by atoms with Crippen LogP contribution in [0.5, 0.6) is 0 Å². The molecule has 0 atom stereocenters. The molecule has 2 rings (SSSR count). The van der Waals surface area contributed by atoms with E-state index in [0.29, 0.717) is 6.54 Å². The largest absolute Gasteiger partial charge is 0.312 e. The number of nitrogens with one attached hydrogen (secondary N) is 1. The van der Waals surface area contributed by atoms with Gasteiger partial charge in [-0.25, -0.2) is 4.68 Å². The van der Waals surface area contributed by atoms with Crippen LogP contribution in [0.2, 0.25) is 0 Å². The van der Waals surface area contributed by atoms with E-state index in [1.807, 2.05) is 24.3 Å². The summed E-state index contributed by atoms with van der Waals surface area (Å²) in [5.41, 5.74) is 0.157. The highest BCUT2D eigenvalue weighted by molar-refractivity contribution is 5.80. The number of unbranched alkanes of at least 4 members (excludes halogenated alkanes) is 1. The fourth-order valence-corrected chi connectivity index (χ4v) is 2.14. The van der Waals surface area contributed by atoms with E-state index < -0.39 is 0 Å². The third-order valence-electron chi connectivity index (χ3n) is 3.21. The van der Waals surface area contributed by atoms with Crippen molar-refractivity contribution < 1.29 is 0 Å². The Balaban J connectivity index is 1.94. The second kappa shape index (κ2) is 6.18. The summed E-state index contributed by atoms with van der Waals surface area (Å²) in [5.74, 6) is 0. The molecule has 4 nitrogen and oxygen atoms in total. The first-order valence-corrected chi connectivity index (χ1v) is 7.17. The van der Waals surface area contributed by atoms with E-state index in [1.54, 1.807) is 10.9 Å². The lowest BCUT2D eigenvalue weighted by atomic mass is 10.1. The first-order valence-electron chi connectivity index (χ1n) is 7.17. The second-order valence-electron chi connectivity index (χ2n) is 6.14. The number of benzene rings is 1. The Bertz CT molecular complexity index is 625. The molecule has 1 N–H and O–H groups in total. The van der Waals surface area contributed by atoms with Crippen molar-refractivity contribution in [1.82, 2.24) is 15.1 Å². The van der Waals surface area contributed by atoms with Crippen LogP contribution in [0, 0.1) is 0 Å². The molecular formula is C16H23N3O. The number of fused-ring (bicyclic) bond motifs is 1. The van der Waals surface area contributed by atoms with E-state index in [0.717, 1.165) is 30.2 Å². The average molecular weight is 273 g/mol. The SMILES string of the molecule is CC(C)(C)NCCCCn1ncc2ccccc2c1=O. The minimum Gasteiger partial charge on any atom is -0.312 e. The summed E-state index contributed by atoms with van der Waals surface area (Å²) in [6.07, 6.45) is 3.76. The van der Waals surface area contributed by atoms with Crippen molar-refractivity contribution in [1.29, 1.82) is 0 Å². The van der Waals surface area contributed by atoms with E-state index in [-0.39, 0.29) is 11.1 Å². The molecule has 0 saturated carbocycles.